The van der Waals surface area contributed by atoms with Crippen molar-refractivity contribution in [1.29, 1.82) is 0 Å². The maximum Gasteiger partial charge on any atom is 0.126 e. The summed E-state index contributed by atoms with van der Waals surface area (Å²) < 4.78 is 27.9. The molecule has 5 rings (SSSR count). The number of rotatable bonds is 28. The summed E-state index contributed by atoms with van der Waals surface area (Å²) in [7, 11) is 0. The van der Waals surface area contributed by atoms with E-state index in [2.05, 4.69) is 76.2 Å². The second-order valence-electron chi connectivity index (χ2n) is 17.9. The zero-order valence-corrected chi connectivity index (χ0v) is 42.6. The maximum absolute atomic E-state index is 6.98. The van der Waals surface area contributed by atoms with E-state index in [0.717, 1.165) is 141 Å². The average Bonchev–Trinajstić information content (AvgIpc) is 3.30. The summed E-state index contributed by atoms with van der Waals surface area (Å²) in [4.78, 5) is 0. The largest absolute Gasteiger partial charge is 0.493 e. The third kappa shape index (κ3) is 15.7. The van der Waals surface area contributed by atoms with Gasteiger partial charge in [0.2, 0.25) is 0 Å². The molecule has 4 nitrogen and oxygen atoms in total. The monoisotopic (exact) mass is 952 g/mol. The minimum atomic E-state index is 0.386. The van der Waals surface area contributed by atoms with Crippen LogP contribution in [-0.4, -0.2) is 26.4 Å². The Morgan fingerprint density at radius 2 is 0.484 bits per heavy atom. The smallest absolute Gasteiger partial charge is 0.126 e. The Balaban J connectivity index is 1.80. The van der Waals surface area contributed by atoms with Crippen molar-refractivity contribution in [2.75, 3.05) is 26.4 Å². The van der Waals surface area contributed by atoms with Crippen molar-refractivity contribution in [3.63, 3.8) is 0 Å². The van der Waals surface area contributed by atoms with Gasteiger partial charge in [0, 0.05) is 49.2 Å². The number of unbranched alkanes of at least 4 members (excludes halogenated alkanes) is 12. The van der Waals surface area contributed by atoms with Gasteiger partial charge in [-0.3, -0.25) is 0 Å². The van der Waals surface area contributed by atoms with Crippen LogP contribution in [0.4, 0.5) is 0 Å². The Labute approximate surface area is 407 Å². The standard InChI is InChI=1S/C56H76Cl4O4/c1-5-9-13-17-21-61-53-45-25-41(37-57)26-46(53)34-48-28-43(39-59)30-50(55(48)63-23-19-15-11-7-3)36-52-32-44(40-60)31-51(56(52)64-24-20-16-12-8-4)35-49-29-42(38-58)27-47(33-45)54(49)62-22-18-14-10-6-2/h25-32H,5-24,33-40H2,1-4H3. The Morgan fingerprint density at radius 3 is 0.641 bits per heavy atom. The molecule has 0 aromatic heterocycles. The van der Waals surface area contributed by atoms with Crippen LogP contribution < -0.4 is 18.9 Å². The van der Waals surface area contributed by atoms with Crippen molar-refractivity contribution in [3.05, 3.63) is 115 Å². The highest BCUT2D eigenvalue weighted by molar-refractivity contribution is 6.17. The predicted octanol–water partition coefficient (Wildman–Crippen LogP) is 17.2. The summed E-state index contributed by atoms with van der Waals surface area (Å²) in [6.45, 7) is 11.5. The molecule has 352 valence electrons. The highest BCUT2D eigenvalue weighted by Crippen LogP contribution is 2.42. The lowest BCUT2D eigenvalue weighted by Crippen LogP contribution is -2.12. The molecule has 0 fully saturated rings. The van der Waals surface area contributed by atoms with E-state index in [4.69, 9.17) is 65.4 Å². The van der Waals surface area contributed by atoms with Gasteiger partial charge in [0.1, 0.15) is 23.0 Å². The second kappa shape index (κ2) is 29.1. The second-order valence-corrected chi connectivity index (χ2v) is 18.9. The summed E-state index contributed by atoms with van der Waals surface area (Å²) in [5.74, 6) is 5.24. The third-order valence-corrected chi connectivity index (χ3v) is 13.6. The van der Waals surface area contributed by atoms with Gasteiger partial charge in [0.15, 0.2) is 0 Å². The number of fused-ring (bicyclic) bond motifs is 8. The molecule has 64 heavy (non-hydrogen) atoms. The van der Waals surface area contributed by atoms with Gasteiger partial charge in [-0.15, -0.1) is 46.4 Å². The number of benzene rings is 4. The van der Waals surface area contributed by atoms with Crippen molar-refractivity contribution in [1.82, 2.24) is 0 Å². The van der Waals surface area contributed by atoms with Gasteiger partial charge in [-0.1, -0.05) is 153 Å². The molecular weight excluding hydrogens is 878 g/mol. The number of ether oxygens (including phenoxy) is 4. The van der Waals surface area contributed by atoms with Gasteiger partial charge in [0.05, 0.1) is 26.4 Å². The molecular formula is C56H76Cl4O4. The van der Waals surface area contributed by atoms with E-state index in [1.54, 1.807) is 0 Å². The molecule has 0 amide bonds. The average molecular weight is 955 g/mol. The molecule has 8 bridgehead atoms. The van der Waals surface area contributed by atoms with Crippen molar-refractivity contribution in [2.24, 2.45) is 0 Å². The van der Waals surface area contributed by atoms with E-state index < -0.39 is 0 Å². The fourth-order valence-electron chi connectivity index (χ4n) is 9.04. The molecule has 0 radical (unpaired) electrons. The summed E-state index contributed by atoms with van der Waals surface area (Å²) in [6, 6.07) is 17.9. The summed E-state index contributed by atoms with van der Waals surface area (Å²) in [5.41, 5.74) is 13.0. The Hall–Kier alpha value is -2.76. The van der Waals surface area contributed by atoms with Gasteiger partial charge < -0.3 is 18.9 Å². The van der Waals surface area contributed by atoms with Crippen LogP contribution in [0.2, 0.25) is 0 Å². The summed E-state index contributed by atoms with van der Waals surface area (Å²) >= 11 is 27.1. The van der Waals surface area contributed by atoms with Crippen LogP contribution in [0.25, 0.3) is 0 Å². The number of halogens is 4. The molecule has 1 aliphatic rings. The minimum Gasteiger partial charge on any atom is -0.493 e. The lowest BCUT2D eigenvalue weighted by atomic mass is 9.88. The first-order valence-electron chi connectivity index (χ1n) is 24.7. The minimum absolute atomic E-state index is 0.386. The highest BCUT2D eigenvalue weighted by Gasteiger charge is 2.24. The lowest BCUT2D eigenvalue weighted by Gasteiger charge is -2.25. The molecule has 8 heteroatoms. The zero-order valence-electron chi connectivity index (χ0n) is 39.6. The van der Waals surface area contributed by atoms with Gasteiger partial charge in [-0.05, 0) is 92.4 Å². The van der Waals surface area contributed by atoms with Crippen molar-refractivity contribution in [3.8, 4) is 23.0 Å². The number of hydrogen-bond donors (Lipinski definition) is 0. The van der Waals surface area contributed by atoms with Crippen LogP contribution in [0, 0.1) is 0 Å². The number of hydrogen-bond acceptors (Lipinski definition) is 4. The van der Waals surface area contributed by atoms with Crippen molar-refractivity contribution >= 4 is 46.4 Å². The van der Waals surface area contributed by atoms with Crippen LogP contribution in [0.5, 0.6) is 23.0 Å². The Bertz CT molecular complexity index is 1630. The molecule has 0 saturated heterocycles. The molecule has 1 aliphatic carbocycles. The van der Waals surface area contributed by atoms with Gasteiger partial charge in [-0.2, -0.15) is 0 Å². The first-order chi connectivity index (χ1) is 31.4. The summed E-state index contributed by atoms with van der Waals surface area (Å²) in [5, 5.41) is 0. The maximum atomic E-state index is 6.98. The molecule has 0 heterocycles. The van der Waals surface area contributed by atoms with Crippen LogP contribution in [0.15, 0.2) is 48.5 Å². The third-order valence-electron chi connectivity index (χ3n) is 12.3. The predicted molar refractivity (Wildman–Crippen MR) is 274 cm³/mol. The van der Waals surface area contributed by atoms with Gasteiger partial charge in [0.25, 0.3) is 0 Å². The highest BCUT2D eigenvalue weighted by atomic mass is 35.5. The van der Waals surface area contributed by atoms with Crippen molar-refractivity contribution < 1.29 is 18.9 Å². The molecule has 0 aliphatic heterocycles. The topological polar surface area (TPSA) is 36.9 Å². The molecule has 4 aromatic carbocycles. The van der Waals surface area contributed by atoms with Gasteiger partial charge >= 0.3 is 0 Å². The summed E-state index contributed by atoms with van der Waals surface area (Å²) in [6.07, 6.45) is 20.3. The Kier molecular flexibility index (Phi) is 23.7. The van der Waals surface area contributed by atoms with E-state index in [1.807, 2.05) is 0 Å². The fraction of sp³-hybridized carbons (Fsp3) is 0.571. The fourth-order valence-corrected chi connectivity index (χ4v) is 9.66. The van der Waals surface area contributed by atoms with Crippen LogP contribution >= 0.6 is 46.4 Å². The van der Waals surface area contributed by atoms with E-state index in [9.17, 15) is 0 Å². The van der Waals surface area contributed by atoms with Gasteiger partial charge in [-0.25, -0.2) is 0 Å². The Morgan fingerprint density at radius 1 is 0.297 bits per heavy atom. The van der Waals surface area contributed by atoms with Crippen LogP contribution in [-0.2, 0) is 49.2 Å². The molecule has 0 unspecified atom stereocenters. The first kappa shape index (κ1) is 52.2. The molecule has 0 atom stereocenters. The van der Waals surface area contributed by atoms with Crippen LogP contribution in [0.1, 0.15) is 197 Å². The molecule has 0 N–H and O–H groups in total. The SMILES string of the molecule is CCCCCCOc1c2cc(CCl)cc1Cc1cc(CCl)cc(c1OCCCCCC)Cc1cc(CCl)cc(c1OCCCCCC)Cc1cc(CCl)cc(c1OCCCCCC)C2. The molecule has 4 aromatic rings. The quantitative estimate of drug-likeness (QED) is 0.0370. The molecule has 0 saturated carbocycles. The molecule has 0 spiro atoms. The lowest BCUT2D eigenvalue weighted by molar-refractivity contribution is 0.293. The normalized spacial score (nSPS) is 12.4. The van der Waals surface area contributed by atoms with Crippen molar-refractivity contribution in [2.45, 2.75) is 180 Å². The number of alkyl halides is 4. The van der Waals surface area contributed by atoms with E-state index in [-0.39, 0.29) is 0 Å². The zero-order chi connectivity index (χ0) is 45.5. The van der Waals surface area contributed by atoms with E-state index in [0.29, 0.717) is 75.6 Å². The first-order valence-corrected chi connectivity index (χ1v) is 26.9. The van der Waals surface area contributed by atoms with E-state index >= 15 is 0 Å². The van der Waals surface area contributed by atoms with Crippen LogP contribution in [0.3, 0.4) is 0 Å². The van der Waals surface area contributed by atoms with E-state index in [1.165, 1.54) is 51.4 Å².